The Balaban J connectivity index is 2.20. The van der Waals surface area contributed by atoms with Gasteiger partial charge in [0.15, 0.2) is 0 Å². The van der Waals surface area contributed by atoms with Crippen LogP contribution in [0.3, 0.4) is 0 Å². The van der Waals surface area contributed by atoms with Gasteiger partial charge in [0.05, 0.1) is 6.04 Å². The Morgan fingerprint density at radius 3 is 2.78 bits per heavy atom. The normalized spacial score (nSPS) is 14.3. The van der Waals surface area contributed by atoms with Gasteiger partial charge in [-0.1, -0.05) is 6.07 Å². The molecular weight excluding hydrogens is 302 g/mol. The maximum atomic E-state index is 12.4. The van der Waals surface area contributed by atoms with Crippen molar-refractivity contribution in [1.29, 1.82) is 0 Å². The SMILES string of the molecule is NC(=O)CCC(C=O)N1Cc2c(NCC(=O)O)cccc2C1=O. The van der Waals surface area contributed by atoms with E-state index < -0.39 is 17.9 Å². The molecule has 0 aromatic heterocycles. The Kier molecular flexibility index (Phi) is 4.95. The Hall–Kier alpha value is -2.90. The number of nitrogens with one attached hydrogen (secondary N) is 1. The van der Waals surface area contributed by atoms with Gasteiger partial charge in [-0.3, -0.25) is 14.4 Å². The highest BCUT2D eigenvalue weighted by atomic mass is 16.4. The number of primary amides is 1. The summed E-state index contributed by atoms with van der Waals surface area (Å²) in [4.78, 5) is 46.6. The van der Waals surface area contributed by atoms with Crippen molar-refractivity contribution in [3.8, 4) is 0 Å². The Morgan fingerprint density at radius 2 is 2.17 bits per heavy atom. The number of carboxylic acids is 1. The Labute approximate surface area is 132 Å². The number of hydrogen-bond acceptors (Lipinski definition) is 5. The van der Waals surface area contributed by atoms with Gasteiger partial charge in [0.25, 0.3) is 5.91 Å². The second-order valence-electron chi connectivity index (χ2n) is 5.22. The maximum Gasteiger partial charge on any atom is 0.322 e. The molecule has 1 aromatic carbocycles. The maximum absolute atomic E-state index is 12.4. The molecule has 1 aromatic rings. The molecule has 23 heavy (non-hydrogen) atoms. The first-order chi connectivity index (χ1) is 10.9. The zero-order valence-electron chi connectivity index (χ0n) is 12.3. The van der Waals surface area contributed by atoms with Crippen LogP contribution in [0.1, 0.15) is 28.8 Å². The first kappa shape index (κ1) is 16.5. The molecule has 1 atom stereocenters. The van der Waals surface area contributed by atoms with Crippen molar-refractivity contribution in [3.05, 3.63) is 29.3 Å². The van der Waals surface area contributed by atoms with Crippen molar-refractivity contribution in [1.82, 2.24) is 4.90 Å². The minimum atomic E-state index is -1.02. The first-order valence-corrected chi connectivity index (χ1v) is 7.06. The van der Waals surface area contributed by atoms with Crippen LogP contribution in [0, 0.1) is 0 Å². The molecular formula is C15H17N3O5. The number of carbonyl (C=O) groups is 4. The smallest absolute Gasteiger partial charge is 0.322 e. The standard InChI is InChI=1S/C15H17N3O5/c16-13(20)5-4-9(8-19)18-7-11-10(15(18)23)2-1-3-12(11)17-6-14(21)22/h1-3,8-9,17H,4-7H2,(H2,16,20)(H,21,22). The number of aliphatic carboxylic acids is 1. The topological polar surface area (TPSA) is 130 Å². The van der Waals surface area contributed by atoms with Crippen LogP contribution in [-0.2, 0) is 20.9 Å². The van der Waals surface area contributed by atoms with Crippen LogP contribution in [0.2, 0.25) is 0 Å². The summed E-state index contributed by atoms with van der Waals surface area (Å²) in [5, 5.41) is 11.5. The van der Waals surface area contributed by atoms with Gasteiger partial charge in [-0.15, -0.1) is 0 Å². The van der Waals surface area contributed by atoms with Crippen LogP contribution in [0.4, 0.5) is 5.69 Å². The lowest BCUT2D eigenvalue weighted by atomic mass is 10.1. The van der Waals surface area contributed by atoms with E-state index in [1.165, 1.54) is 4.90 Å². The molecule has 4 N–H and O–H groups in total. The lowest BCUT2D eigenvalue weighted by Gasteiger charge is -2.22. The van der Waals surface area contributed by atoms with Crippen LogP contribution >= 0.6 is 0 Å². The van der Waals surface area contributed by atoms with Crippen LogP contribution in [-0.4, -0.2) is 46.7 Å². The first-order valence-electron chi connectivity index (χ1n) is 7.06. The van der Waals surface area contributed by atoms with E-state index in [1.54, 1.807) is 18.2 Å². The van der Waals surface area contributed by atoms with Gasteiger partial charge in [-0.2, -0.15) is 0 Å². The fourth-order valence-corrected chi connectivity index (χ4v) is 2.55. The van der Waals surface area contributed by atoms with Gasteiger partial charge in [-0.05, 0) is 18.6 Å². The van der Waals surface area contributed by atoms with Crippen molar-refractivity contribution in [2.45, 2.75) is 25.4 Å². The summed E-state index contributed by atoms with van der Waals surface area (Å²) in [5.74, 6) is -1.87. The van der Waals surface area contributed by atoms with Crippen molar-refractivity contribution < 1.29 is 24.3 Å². The zero-order chi connectivity index (χ0) is 17.0. The van der Waals surface area contributed by atoms with E-state index in [1.807, 2.05) is 0 Å². The van der Waals surface area contributed by atoms with E-state index in [2.05, 4.69) is 5.32 Å². The number of hydrogen-bond donors (Lipinski definition) is 3. The molecule has 1 heterocycles. The van der Waals surface area contributed by atoms with Crippen molar-refractivity contribution in [2.75, 3.05) is 11.9 Å². The molecule has 0 radical (unpaired) electrons. The summed E-state index contributed by atoms with van der Waals surface area (Å²) in [5.41, 5.74) is 6.69. The monoisotopic (exact) mass is 319 g/mol. The van der Waals surface area contributed by atoms with Gasteiger partial charge in [0, 0.05) is 29.8 Å². The minimum Gasteiger partial charge on any atom is -0.480 e. The molecule has 0 bridgehead atoms. The summed E-state index contributed by atoms with van der Waals surface area (Å²) in [6.45, 7) is -0.0947. The van der Waals surface area contributed by atoms with Gasteiger partial charge in [-0.25, -0.2) is 0 Å². The molecule has 2 rings (SSSR count). The van der Waals surface area contributed by atoms with Crippen molar-refractivity contribution in [2.24, 2.45) is 5.73 Å². The molecule has 0 spiro atoms. The third-order valence-electron chi connectivity index (χ3n) is 3.67. The molecule has 0 saturated heterocycles. The summed E-state index contributed by atoms with van der Waals surface area (Å²) in [6.07, 6.45) is 0.793. The van der Waals surface area contributed by atoms with Crippen LogP contribution < -0.4 is 11.1 Å². The number of benzene rings is 1. The highest BCUT2D eigenvalue weighted by molar-refractivity contribution is 6.01. The molecule has 0 fully saturated rings. The number of fused-ring (bicyclic) bond motifs is 1. The predicted molar refractivity (Wildman–Crippen MR) is 80.7 cm³/mol. The fourth-order valence-electron chi connectivity index (χ4n) is 2.55. The minimum absolute atomic E-state index is 0.00759. The van der Waals surface area contributed by atoms with Crippen molar-refractivity contribution >= 4 is 29.8 Å². The lowest BCUT2D eigenvalue weighted by molar-refractivity contribution is -0.135. The average Bonchev–Trinajstić information content (AvgIpc) is 2.84. The van der Waals surface area contributed by atoms with Gasteiger partial charge in [0.2, 0.25) is 5.91 Å². The van der Waals surface area contributed by atoms with E-state index in [0.717, 1.165) is 0 Å². The molecule has 2 amide bonds. The number of aldehydes is 1. The van der Waals surface area contributed by atoms with E-state index >= 15 is 0 Å². The molecule has 0 aliphatic carbocycles. The molecule has 1 aliphatic heterocycles. The van der Waals surface area contributed by atoms with Crippen LogP contribution in [0.25, 0.3) is 0 Å². The molecule has 1 aliphatic rings. The third-order valence-corrected chi connectivity index (χ3v) is 3.67. The number of nitrogens with zero attached hydrogens (tertiary/aromatic N) is 1. The summed E-state index contributed by atoms with van der Waals surface area (Å²) in [6, 6.07) is 4.20. The fraction of sp³-hybridized carbons (Fsp3) is 0.333. The summed E-state index contributed by atoms with van der Waals surface area (Å²) in [7, 11) is 0. The van der Waals surface area contributed by atoms with Crippen LogP contribution in [0.5, 0.6) is 0 Å². The number of carboxylic acid groups (broad SMARTS) is 1. The highest BCUT2D eigenvalue weighted by Crippen LogP contribution is 2.31. The van der Waals surface area contributed by atoms with E-state index in [9.17, 15) is 19.2 Å². The van der Waals surface area contributed by atoms with E-state index in [-0.39, 0.29) is 31.8 Å². The molecule has 8 heteroatoms. The number of rotatable bonds is 8. The Morgan fingerprint density at radius 1 is 1.43 bits per heavy atom. The zero-order valence-corrected chi connectivity index (χ0v) is 12.3. The summed E-state index contributed by atoms with van der Waals surface area (Å²) >= 11 is 0. The molecule has 0 saturated carbocycles. The van der Waals surface area contributed by atoms with Crippen molar-refractivity contribution in [3.63, 3.8) is 0 Å². The molecule has 122 valence electrons. The third kappa shape index (κ3) is 3.65. The molecule has 8 nitrogen and oxygen atoms in total. The number of amides is 2. The predicted octanol–water partition coefficient (Wildman–Crippen LogP) is -0.0281. The van der Waals surface area contributed by atoms with Gasteiger partial charge >= 0.3 is 5.97 Å². The molecule has 1 unspecified atom stereocenters. The number of anilines is 1. The van der Waals surface area contributed by atoms with E-state index in [0.29, 0.717) is 23.1 Å². The second kappa shape index (κ2) is 6.91. The summed E-state index contributed by atoms with van der Waals surface area (Å²) < 4.78 is 0. The second-order valence-corrected chi connectivity index (χ2v) is 5.22. The lowest BCUT2D eigenvalue weighted by Crippen LogP contribution is -2.37. The largest absolute Gasteiger partial charge is 0.480 e. The quantitative estimate of drug-likeness (QED) is 0.577. The Bertz CT molecular complexity index is 659. The number of nitrogens with two attached hydrogens (primary N) is 1. The van der Waals surface area contributed by atoms with E-state index in [4.69, 9.17) is 10.8 Å². The van der Waals surface area contributed by atoms with Crippen LogP contribution in [0.15, 0.2) is 18.2 Å². The highest BCUT2D eigenvalue weighted by Gasteiger charge is 2.34. The average molecular weight is 319 g/mol. The van der Waals surface area contributed by atoms with Gasteiger partial charge < -0.3 is 25.9 Å². The van der Waals surface area contributed by atoms with Gasteiger partial charge in [0.1, 0.15) is 12.8 Å². The number of carbonyl (C=O) groups excluding carboxylic acids is 3.